The number of pyridine rings is 2. The summed E-state index contributed by atoms with van der Waals surface area (Å²) >= 11 is 0. The molecule has 1 atom stereocenters. The van der Waals surface area contributed by atoms with Gasteiger partial charge in [-0.25, -0.2) is 14.8 Å². The maximum atomic E-state index is 10.9. The predicted octanol–water partition coefficient (Wildman–Crippen LogP) is 1.79. The first-order valence-corrected chi connectivity index (χ1v) is 6.17. The van der Waals surface area contributed by atoms with Crippen LogP contribution in [0.1, 0.15) is 6.42 Å². The van der Waals surface area contributed by atoms with Crippen molar-refractivity contribution in [2.75, 3.05) is 18.4 Å². The number of rotatable bonds is 2. The van der Waals surface area contributed by atoms with E-state index in [0.717, 1.165) is 17.5 Å². The zero-order valence-corrected chi connectivity index (χ0v) is 10.3. The predicted molar refractivity (Wildman–Crippen MR) is 71.2 cm³/mol. The Bertz CT molecular complexity index is 616. The highest BCUT2D eigenvalue weighted by Gasteiger charge is 2.25. The Kier molecular flexibility index (Phi) is 2.91. The zero-order chi connectivity index (χ0) is 13.2. The van der Waals surface area contributed by atoms with Crippen molar-refractivity contribution in [2.45, 2.75) is 12.5 Å². The van der Waals surface area contributed by atoms with Crippen molar-refractivity contribution < 1.29 is 9.90 Å². The summed E-state index contributed by atoms with van der Waals surface area (Å²) in [6.07, 6.45) is 3.41. The fourth-order valence-corrected chi connectivity index (χ4v) is 2.33. The summed E-state index contributed by atoms with van der Waals surface area (Å²) in [5.74, 6) is 0. The molecule has 0 aliphatic carbocycles. The number of carboxylic acid groups (broad SMARTS) is 1. The van der Waals surface area contributed by atoms with Crippen LogP contribution in [0.3, 0.4) is 0 Å². The highest BCUT2D eigenvalue weighted by molar-refractivity contribution is 5.78. The number of hydrogen-bond acceptors (Lipinski definition) is 4. The van der Waals surface area contributed by atoms with Gasteiger partial charge in [0.05, 0.1) is 11.9 Å². The van der Waals surface area contributed by atoms with Crippen LogP contribution in [-0.2, 0) is 0 Å². The van der Waals surface area contributed by atoms with E-state index in [9.17, 15) is 4.79 Å². The van der Waals surface area contributed by atoms with E-state index in [4.69, 9.17) is 5.11 Å². The van der Waals surface area contributed by atoms with Crippen molar-refractivity contribution in [1.29, 1.82) is 0 Å². The average Bonchev–Trinajstić information content (AvgIpc) is 2.87. The van der Waals surface area contributed by atoms with Crippen LogP contribution in [-0.4, -0.2) is 45.2 Å². The van der Waals surface area contributed by atoms with Gasteiger partial charge in [0.25, 0.3) is 0 Å². The van der Waals surface area contributed by atoms with Crippen LogP contribution in [0.15, 0.2) is 30.6 Å². The van der Waals surface area contributed by atoms with Crippen molar-refractivity contribution in [3.05, 3.63) is 30.6 Å². The van der Waals surface area contributed by atoms with Crippen LogP contribution < -0.4 is 5.32 Å². The van der Waals surface area contributed by atoms with Gasteiger partial charge in [-0.3, -0.25) is 0 Å². The number of anilines is 1. The lowest BCUT2D eigenvalue weighted by molar-refractivity contribution is 0.155. The molecule has 0 spiro atoms. The Morgan fingerprint density at radius 3 is 3.16 bits per heavy atom. The highest BCUT2D eigenvalue weighted by atomic mass is 16.4. The number of amides is 1. The van der Waals surface area contributed by atoms with Gasteiger partial charge in [0, 0.05) is 30.7 Å². The maximum absolute atomic E-state index is 10.9. The number of likely N-dealkylation sites (tertiary alicyclic amines) is 1. The SMILES string of the molecule is O=C(O)N1CC[C@@H](Nc2cnc3ncccc3c2)C1. The van der Waals surface area contributed by atoms with E-state index in [1.807, 2.05) is 18.2 Å². The molecule has 0 bridgehead atoms. The molecule has 3 heterocycles. The number of aromatic nitrogens is 2. The minimum atomic E-state index is -0.856. The standard InChI is InChI=1S/C13H14N4O2/c18-13(19)17-5-3-10(8-17)16-11-6-9-2-1-4-14-12(9)15-7-11/h1-2,4,6-7,10,16H,3,5,8H2,(H,18,19)/t10-/m1/s1. The first-order valence-electron chi connectivity index (χ1n) is 6.17. The molecule has 6 heteroatoms. The Balaban J connectivity index is 1.73. The number of hydrogen-bond donors (Lipinski definition) is 2. The van der Waals surface area contributed by atoms with Gasteiger partial charge in [0.1, 0.15) is 0 Å². The molecule has 2 N–H and O–H groups in total. The van der Waals surface area contributed by atoms with Crippen LogP contribution in [0.2, 0.25) is 0 Å². The van der Waals surface area contributed by atoms with Crippen molar-refractivity contribution in [3.63, 3.8) is 0 Å². The topological polar surface area (TPSA) is 78.4 Å². The molecule has 2 aromatic rings. The van der Waals surface area contributed by atoms with Gasteiger partial charge in [-0.2, -0.15) is 0 Å². The highest BCUT2D eigenvalue weighted by Crippen LogP contribution is 2.18. The Morgan fingerprint density at radius 1 is 1.47 bits per heavy atom. The second-order valence-electron chi connectivity index (χ2n) is 4.63. The van der Waals surface area contributed by atoms with Gasteiger partial charge >= 0.3 is 6.09 Å². The first kappa shape index (κ1) is 11.7. The van der Waals surface area contributed by atoms with Crippen molar-refractivity contribution in [2.24, 2.45) is 0 Å². The largest absolute Gasteiger partial charge is 0.465 e. The number of nitrogens with zero attached hydrogens (tertiary/aromatic N) is 3. The molecule has 0 radical (unpaired) electrons. The summed E-state index contributed by atoms with van der Waals surface area (Å²) in [6, 6.07) is 5.96. The number of nitrogens with one attached hydrogen (secondary N) is 1. The zero-order valence-electron chi connectivity index (χ0n) is 10.3. The smallest absolute Gasteiger partial charge is 0.407 e. The lowest BCUT2D eigenvalue weighted by Crippen LogP contribution is -2.30. The van der Waals surface area contributed by atoms with Crippen LogP contribution in [0.25, 0.3) is 11.0 Å². The Labute approximate surface area is 110 Å². The molecule has 98 valence electrons. The van der Waals surface area contributed by atoms with E-state index >= 15 is 0 Å². The van der Waals surface area contributed by atoms with Crippen LogP contribution in [0, 0.1) is 0 Å². The van der Waals surface area contributed by atoms with Crippen LogP contribution >= 0.6 is 0 Å². The van der Waals surface area contributed by atoms with Crippen molar-refractivity contribution in [3.8, 4) is 0 Å². The molecule has 0 saturated carbocycles. The van der Waals surface area contributed by atoms with Gasteiger partial charge < -0.3 is 15.3 Å². The minimum Gasteiger partial charge on any atom is -0.465 e. The molecule has 6 nitrogen and oxygen atoms in total. The second-order valence-corrected chi connectivity index (χ2v) is 4.63. The second kappa shape index (κ2) is 4.72. The van der Waals surface area contributed by atoms with Gasteiger partial charge in [0.2, 0.25) is 0 Å². The van der Waals surface area contributed by atoms with E-state index in [0.29, 0.717) is 18.7 Å². The van der Waals surface area contributed by atoms with Crippen molar-refractivity contribution >= 4 is 22.8 Å². The van der Waals surface area contributed by atoms with Gasteiger partial charge in [0.15, 0.2) is 5.65 Å². The third kappa shape index (κ3) is 2.42. The normalized spacial score (nSPS) is 18.7. The van der Waals surface area contributed by atoms with E-state index < -0.39 is 6.09 Å². The molecule has 1 amide bonds. The summed E-state index contributed by atoms with van der Waals surface area (Å²) in [7, 11) is 0. The number of fused-ring (bicyclic) bond motifs is 1. The van der Waals surface area contributed by atoms with Gasteiger partial charge in [-0.15, -0.1) is 0 Å². The summed E-state index contributed by atoms with van der Waals surface area (Å²) < 4.78 is 0. The van der Waals surface area contributed by atoms with E-state index in [-0.39, 0.29) is 6.04 Å². The van der Waals surface area contributed by atoms with E-state index in [2.05, 4.69) is 15.3 Å². The van der Waals surface area contributed by atoms with Crippen LogP contribution in [0.5, 0.6) is 0 Å². The molecule has 1 fully saturated rings. The van der Waals surface area contributed by atoms with E-state index in [1.54, 1.807) is 12.4 Å². The average molecular weight is 258 g/mol. The summed E-state index contributed by atoms with van der Waals surface area (Å²) in [6.45, 7) is 1.09. The van der Waals surface area contributed by atoms with Crippen molar-refractivity contribution in [1.82, 2.24) is 14.9 Å². The fourth-order valence-electron chi connectivity index (χ4n) is 2.33. The minimum absolute atomic E-state index is 0.145. The Hall–Kier alpha value is -2.37. The summed E-state index contributed by atoms with van der Waals surface area (Å²) in [5.41, 5.74) is 1.62. The molecule has 3 rings (SSSR count). The van der Waals surface area contributed by atoms with E-state index in [1.165, 1.54) is 4.90 Å². The molecule has 1 saturated heterocycles. The lowest BCUT2D eigenvalue weighted by atomic mass is 10.2. The maximum Gasteiger partial charge on any atom is 0.407 e. The molecule has 0 aromatic carbocycles. The molecular formula is C13H14N4O2. The third-order valence-corrected chi connectivity index (χ3v) is 3.28. The monoisotopic (exact) mass is 258 g/mol. The molecule has 1 aliphatic rings. The molecule has 2 aromatic heterocycles. The number of carbonyl (C=O) groups is 1. The summed E-state index contributed by atoms with van der Waals surface area (Å²) in [5, 5.41) is 13.2. The third-order valence-electron chi connectivity index (χ3n) is 3.28. The molecule has 0 unspecified atom stereocenters. The first-order chi connectivity index (χ1) is 9.22. The molecule has 19 heavy (non-hydrogen) atoms. The fraction of sp³-hybridized carbons (Fsp3) is 0.308. The summed E-state index contributed by atoms with van der Waals surface area (Å²) in [4.78, 5) is 20.7. The lowest BCUT2D eigenvalue weighted by Gasteiger charge is -2.15. The molecule has 1 aliphatic heterocycles. The molecular weight excluding hydrogens is 244 g/mol. The van der Waals surface area contributed by atoms with Gasteiger partial charge in [-0.05, 0) is 24.6 Å². The van der Waals surface area contributed by atoms with Crippen LogP contribution in [0.4, 0.5) is 10.5 Å². The quantitative estimate of drug-likeness (QED) is 0.858. The van der Waals surface area contributed by atoms with Gasteiger partial charge in [-0.1, -0.05) is 0 Å². The Morgan fingerprint density at radius 2 is 2.37 bits per heavy atom.